The van der Waals surface area contributed by atoms with Gasteiger partial charge in [0, 0.05) is 17.8 Å². The van der Waals surface area contributed by atoms with E-state index in [1.807, 2.05) is 32.0 Å². The van der Waals surface area contributed by atoms with Gasteiger partial charge in [0.25, 0.3) is 5.69 Å². The summed E-state index contributed by atoms with van der Waals surface area (Å²) in [6.07, 6.45) is 0. The second kappa shape index (κ2) is 7.31. The largest absolute Gasteiger partial charge is 0.374 e. The fourth-order valence-electron chi connectivity index (χ4n) is 2.15. The van der Waals surface area contributed by atoms with Crippen molar-refractivity contribution in [3.8, 4) is 0 Å². The number of nitro groups is 1. The summed E-state index contributed by atoms with van der Waals surface area (Å²) >= 11 is 6.00. The number of amides is 1. The van der Waals surface area contributed by atoms with Crippen molar-refractivity contribution in [3.05, 3.63) is 62.7 Å². The van der Waals surface area contributed by atoms with Crippen molar-refractivity contribution < 1.29 is 9.72 Å². The first-order chi connectivity index (χ1) is 11.3. The minimum atomic E-state index is -0.541. The Morgan fingerprint density at radius 2 is 1.88 bits per heavy atom. The van der Waals surface area contributed by atoms with Gasteiger partial charge >= 0.3 is 0 Å². The number of nitrogens with zero attached hydrogens (tertiary/aromatic N) is 1. The summed E-state index contributed by atoms with van der Waals surface area (Å²) in [5.41, 5.74) is 3.05. The van der Waals surface area contributed by atoms with E-state index < -0.39 is 11.0 Å². The molecule has 0 bridgehead atoms. The molecule has 0 radical (unpaired) electrons. The lowest BCUT2D eigenvalue weighted by Gasteiger charge is -2.17. The fourth-order valence-corrected chi connectivity index (χ4v) is 2.32. The van der Waals surface area contributed by atoms with Crippen LogP contribution in [0.15, 0.2) is 36.4 Å². The first-order valence-corrected chi connectivity index (χ1v) is 7.74. The number of aryl methyl sites for hydroxylation is 2. The Hall–Kier alpha value is -2.60. The van der Waals surface area contributed by atoms with Gasteiger partial charge in [0.05, 0.1) is 15.6 Å². The second-order valence-corrected chi connectivity index (χ2v) is 6.00. The van der Waals surface area contributed by atoms with Gasteiger partial charge in [-0.2, -0.15) is 0 Å². The highest BCUT2D eigenvalue weighted by molar-refractivity contribution is 6.33. The minimum Gasteiger partial charge on any atom is -0.374 e. The molecule has 7 heteroatoms. The van der Waals surface area contributed by atoms with Gasteiger partial charge in [-0.1, -0.05) is 23.7 Å². The second-order valence-electron chi connectivity index (χ2n) is 5.59. The van der Waals surface area contributed by atoms with Crippen LogP contribution >= 0.6 is 11.6 Å². The molecule has 0 aliphatic heterocycles. The van der Waals surface area contributed by atoms with Crippen molar-refractivity contribution in [1.29, 1.82) is 0 Å². The standard InChI is InChI=1S/C17H18ClN3O3/c1-10-4-5-11(2)15(8-10)19-12(3)17(22)20-16-9-13(21(23)24)6-7-14(16)18/h4-9,12,19H,1-3H3,(H,20,22). The highest BCUT2D eigenvalue weighted by Crippen LogP contribution is 2.27. The van der Waals surface area contributed by atoms with Crippen molar-refractivity contribution in [2.45, 2.75) is 26.8 Å². The van der Waals surface area contributed by atoms with Gasteiger partial charge in [-0.25, -0.2) is 0 Å². The number of nitro benzene ring substituents is 1. The number of halogens is 1. The summed E-state index contributed by atoms with van der Waals surface area (Å²) in [7, 11) is 0. The van der Waals surface area contributed by atoms with E-state index in [2.05, 4.69) is 10.6 Å². The maximum Gasteiger partial charge on any atom is 0.271 e. The number of benzene rings is 2. The van der Waals surface area contributed by atoms with Gasteiger partial charge in [0.15, 0.2) is 0 Å². The molecule has 126 valence electrons. The summed E-state index contributed by atoms with van der Waals surface area (Å²) in [6, 6.07) is 9.30. The molecule has 0 heterocycles. The molecular weight excluding hydrogens is 330 g/mol. The zero-order valence-corrected chi connectivity index (χ0v) is 14.3. The van der Waals surface area contributed by atoms with Crippen LogP contribution < -0.4 is 10.6 Å². The number of hydrogen-bond donors (Lipinski definition) is 2. The van der Waals surface area contributed by atoms with E-state index >= 15 is 0 Å². The summed E-state index contributed by atoms with van der Waals surface area (Å²) in [6.45, 7) is 5.63. The monoisotopic (exact) mass is 347 g/mol. The molecule has 1 atom stereocenters. The molecule has 0 spiro atoms. The predicted octanol–water partition coefficient (Wildman–Crippen LogP) is 4.30. The average Bonchev–Trinajstić information content (AvgIpc) is 2.52. The number of anilines is 2. The normalized spacial score (nSPS) is 11.7. The van der Waals surface area contributed by atoms with Crippen molar-refractivity contribution >= 4 is 34.6 Å². The van der Waals surface area contributed by atoms with Crippen LogP contribution in [0.1, 0.15) is 18.1 Å². The molecule has 0 aliphatic rings. The first-order valence-electron chi connectivity index (χ1n) is 7.36. The van der Waals surface area contributed by atoms with E-state index in [0.29, 0.717) is 0 Å². The Morgan fingerprint density at radius 3 is 2.54 bits per heavy atom. The number of nitrogens with one attached hydrogen (secondary N) is 2. The Balaban J connectivity index is 2.13. The zero-order valence-electron chi connectivity index (χ0n) is 13.6. The van der Waals surface area contributed by atoms with Crippen molar-refractivity contribution in [3.63, 3.8) is 0 Å². The number of carbonyl (C=O) groups excluding carboxylic acids is 1. The Labute approximate surface area is 145 Å². The minimum absolute atomic E-state index is 0.134. The summed E-state index contributed by atoms with van der Waals surface area (Å²) < 4.78 is 0. The molecule has 2 aromatic rings. The van der Waals surface area contributed by atoms with Crippen LogP contribution in [0.4, 0.5) is 17.1 Å². The molecule has 2 N–H and O–H groups in total. The molecule has 6 nitrogen and oxygen atoms in total. The summed E-state index contributed by atoms with van der Waals surface area (Å²) in [5, 5.41) is 16.8. The lowest BCUT2D eigenvalue weighted by Crippen LogP contribution is -2.32. The van der Waals surface area contributed by atoms with Crippen molar-refractivity contribution in [2.24, 2.45) is 0 Å². The molecule has 1 unspecified atom stereocenters. The van der Waals surface area contributed by atoms with Crippen molar-refractivity contribution in [2.75, 3.05) is 10.6 Å². The van der Waals surface area contributed by atoms with Crippen LogP contribution in [0.25, 0.3) is 0 Å². The highest BCUT2D eigenvalue weighted by Gasteiger charge is 2.17. The van der Waals surface area contributed by atoms with Crippen LogP contribution in [0.5, 0.6) is 0 Å². The molecular formula is C17H18ClN3O3. The van der Waals surface area contributed by atoms with E-state index in [1.165, 1.54) is 18.2 Å². The average molecular weight is 348 g/mol. The predicted molar refractivity (Wildman–Crippen MR) is 95.7 cm³/mol. The van der Waals surface area contributed by atoms with E-state index in [4.69, 9.17) is 11.6 Å². The van der Waals surface area contributed by atoms with Gasteiger partial charge < -0.3 is 10.6 Å². The topological polar surface area (TPSA) is 84.3 Å². The molecule has 0 aromatic heterocycles. The molecule has 0 saturated carbocycles. The lowest BCUT2D eigenvalue weighted by molar-refractivity contribution is -0.384. The third-order valence-corrected chi connectivity index (χ3v) is 3.91. The number of carbonyl (C=O) groups is 1. The third-order valence-electron chi connectivity index (χ3n) is 3.58. The van der Waals surface area contributed by atoms with Crippen LogP contribution in [-0.2, 0) is 4.79 Å². The van der Waals surface area contributed by atoms with Crippen LogP contribution in [-0.4, -0.2) is 16.9 Å². The summed E-state index contributed by atoms with van der Waals surface area (Å²) in [4.78, 5) is 22.6. The number of rotatable bonds is 5. The molecule has 1 amide bonds. The quantitative estimate of drug-likeness (QED) is 0.623. The van der Waals surface area contributed by atoms with E-state index in [-0.39, 0.29) is 22.3 Å². The first kappa shape index (κ1) is 17.7. The Kier molecular flexibility index (Phi) is 5.41. The van der Waals surface area contributed by atoms with Crippen molar-refractivity contribution in [1.82, 2.24) is 0 Å². The molecule has 0 fully saturated rings. The maximum absolute atomic E-state index is 12.3. The zero-order chi connectivity index (χ0) is 17.9. The van der Waals surface area contributed by atoms with Gasteiger partial charge in [-0.05, 0) is 44.0 Å². The van der Waals surface area contributed by atoms with Crippen LogP contribution in [0.2, 0.25) is 5.02 Å². The third kappa shape index (κ3) is 4.23. The number of hydrogen-bond acceptors (Lipinski definition) is 4. The molecule has 0 aliphatic carbocycles. The molecule has 2 aromatic carbocycles. The van der Waals surface area contributed by atoms with E-state index in [9.17, 15) is 14.9 Å². The van der Waals surface area contributed by atoms with E-state index in [0.717, 1.165) is 16.8 Å². The van der Waals surface area contributed by atoms with Gasteiger partial charge in [-0.3, -0.25) is 14.9 Å². The van der Waals surface area contributed by atoms with E-state index in [1.54, 1.807) is 6.92 Å². The van der Waals surface area contributed by atoms with Gasteiger partial charge in [0.1, 0.15) is 6.04 Å². The SMILES string of the molecule is Cc1ccc(C)c(NC(C)C(=O)Nc2cc([N+](=O)[O-])ccc2Cl)c1. The van der Waals surface area contributed by atoms with Gasteiger partial charge in [0.2, 0.25) is 5.91 Å². The lowest BCUT2D eigenvalue weighted by atomic mass is 10.1. The molecule has 2 rings (SSSR count). The molecule has 24 heavy (non-hydrogen) atoms. The fraction of sp³-hybridized carbons (Fsp3) is 0.235. The van der Waals surface area contributed by atoms with Gasteiger partial charge in [-0.15, -0.1) is 0 Å². The van der Waals surface area contributed by atoms with Crippen LogP contribution in [0, 0.1) is 24.0 Å². The van der Waals surface area contributed by atoms with Crippen LogP contribution in [0.3, 0.4) is 0 Å². The maximum atomic E-state index is 12.3. The molecule has 0 saturated heterocycles. The number of non-ortho nitro benzene ring substituents is 1. The Morgan fingerprint density at radius 1 is 1.17 bits per heavy atom. The smallest absolute Gasteiger partial charge is 0.271 e. The Bertz CT molecular complexity index is 793. The summed E-state index contributed by atoms with van der Waals surface area (Å²) in [5.74, 6) is -0.335. The highest BCUT2D eigenvalue weighted by atomic mass is 35.5.